The Kier molecular flexibility index (Phi) is 9.18. The normalized spacial score (nSPS) is 28.1. The Morgan fingerprint density at radius 2 is 1.71 bits per heavy atom. The van der Waals surface area contributed by atoms with E-state index in [-0.39, 0.29) is 24.7 Å². The minimum absolute atomic E-state index is 0.0730. The van der Waals surface area contributed by atoms with Crippen LogP contribution in [0.5, 0.6) is 5.75 Å². The zero-order valence-corrected chi connectivity index (χ0v) is 19.2. The van der Waals surface area contributed by atoms with E-state index in [9.17, 15) is 14.3 Å². The summed E-state index contributed by atoms with van der Waals surface area (Å²) in [6, 6.07) is 5.64. The number of aliphatic hydroxyl groups excluding tert-OH is 1. The van der Waals surface area contributed by atoms with E-state index in [1.54, 1.807) is 0 Å². The molecule has 5 unspecified atom stereocenters. The topological polar surface area (TPSA) is 58.6 Å². The lowest BCUT2D eigenvalue weighted by Gasteiger charge is -2.28. The lowest BCUT2D eigenvalue weighted by Crippen LogP contribution is -2.32. The van der Waals surface area contributed by atoms with Crippen LogP contribution in [0.3, 0.4) is 0 Å². The molecule has 0 aromatic heterocycles. The van der Waals surface area contributed by atoms with Gasteiger partial charge in [-0.25, -0.2) is 4.39 Å². The number of unbranched alkanes of at least 4 members (excludes halogenated alkanes) is 5. The summed E-state index contributed by atoms with van der Waals surface area (Å²) in [6.07, 6.45) is 11.5. The first-order chi connectivity index (χ1) is 15.0. The molecule has 1 aromatic carbocycles. The average molecular weight is 434 g/mol. The minimum Gasteiger partial charge on any atom is -0.483 e. The summed E-state index contributed by atoms with van der Waals surface area (Å²) < 4.78 is 18.5. The predicted molar refractivity (Wildman–Crippen MR) is 122 cm³/mol. The first-order valence-electron chi connectivity index (χ1n) is 12.4. The van der Waals surface area contributed by atoms with Crippen molar-refractivity contribution < 1.29 is 19.0 Å². The van der Waals surface area contributed by atoms with E-state index in [2.05, 4.69) is 25.2 Å². The van der Waals surface area contributed by atoms with Gasteiger partial charge in [-0.15, -0.1) is 0 Å². The van der Waals surface area contributed by atoms with Crippen LogP contribution in [0.2, 0.25) is 0 Å². The van der Waals surface area contributed by atoms with Gasteiger partial charge in [0.25, 0.3) is 5.91 Å². The Morgan fingerprint density at radius 3 is 2.32 bits per heavy atom. The highest BCUT2D eigenvalue weighted by molar-refractivity contribution is 5.78. The highest BCUT2D eigenvalue weighted by Crippen LogP contribution is 2.43. The molecule has 1 aromatic rings. The van der Waals surface area contributed by atoms with E-state index in [1.807, 2.05) is 12.1 Å². The van der Waals surface area contributed by atoms with Gasteiger partial charge < -0.3 is 15.2 Å². The molecule has 0 aliphatic heterocycles. The molecule has 4 nitrogen and oxygen atoms in total. The van der Waals surface area contributed by atoms with Gasteiger partial charge in [-0.1, -0.05) is 64.5 Å². The van der Waals surface area contributed by atoms with Crippen LogP contribution in [0.1, 0.15) is 82.8 Å². The predicted octanol–water partition coefficient (Wildman–Crippen LogP) is 5.14. The Hall–Kier alpha value is -1.62. The van der Waals surface area contributed by atoms with Gasteiger partial charge in [0.05, 0.1) is 12.1 Å². The van der Waals surface area contributed by atoms with Crippen molar-refractivity contribution in [1.29, 1.82) is 0 Å². The smallest absolute Gasteiger partial charge is 0.258 e. The van der Waals surface area contributed by atoms with Gasteiger partial charge >= 0.3 is 0 Å². The molecule has 0 radical (unpaired) electrons. The zero-order valence-electron chi connectivity index (χ0n) is 19.2. The molecule has 2 N–H and O–H groups in total. The second-order valence-electron chi connectivity index (χ2n) is 9.58. The van der Waals surface area contributed by atoms with E-state index < -0.39 is 6.17 Å². The van der Waals surface area contributed by atoms with Crippen LogP contribution in [0.25, 0.3) is 0 Å². The maximum absolute atomic E-state index is 12.8. The largest absolute Gasteiger partial charge is 0.483 e. The average Bonchev–Trinajstić information content (AvgIpc) is 3.31. The van der Waals surface area contributed by atoms with Crippen molar-refractivity contribution >= 4 is 5.91 Å². The second-order valence-corrected chi connectivity index (χ2v) is 9.58. The number of rotatable bonds is 9. The molecule has 0 saturated heterocycles. The molecule has 0 heterocycles. The summed E-state index contributed by atoms with van der Waals surface area (Å²) in [5.74, 6) is 1.56. The fraction of sp³-hybridized carbons (Fsp3) is 0.731. The third kappa shape index (κ3) is 7.20. The molecule has 0 spiro atoms. The molecule has 174 valence electrons. The van der Waals surface area contributed by atoms with Crippen LogP contribution < -0.4 is 10.1 Å². The number of amides is 1. The van der Waals surface area contributed by atoms with E-state index in [4.69, 9.17) is 4.74 Å². The molecule has 5 atom stereocenters. The van der Waals surface area contributed by atoms with Crippen molar-refractivity contribution in [3.05, 3.63) is 29.3 Å². The van der Waals surface area contributed by atoms with Gasteiger partial charge in [-0.2, -0.15) is 0 Å². The summed E-state index contributed by atoms with van der Waals surface area (Å²) >= 11 is 0. The highest BCUT2D eigenvalue weighted by Gasteiger charge is 2.39. The van der Waals surface area contributed by atoms with E-state index in [0.717, 1.165) is 31.4 Å². The highest BCUT2D eigenvalue weighted by atomic mass is 19.1. The maximum Gasteiger partial charge on any atom is 0.258 e. The number of benzene rings is 1. The number of fused-ring (bicyclic) bond motifs is 2. The number of carbonyl (C=O) groups is 1. The van der Waals surface area contributed by atoms with Crippen LogP contribution in [-0.4, -0.2) is 35.9 Å². The SMILES string of the molecule is CCCCCCCC.O=C(COc1cccc2c1CC1CC(O)CC1C2)NC1CC1F. The molecular weight excluding hydrogens is 393 g/mol. The minimum atomic E-state index is -0.894. The van der Waals surface area contributed by atoms with Crippen molar-refractivity contribution in [3.8, 4) is 5.75 Å². The lowest BCUT2D eigenvalue weighted by molar-refractivity contribution is -0.123. The molecule has 5 heteroatoms. The van der Waals surface area contributed by atoms with E-state index >= 15 is 0 Å². The molecule has 3 aliphatic rings. The number of nitrogens with one attached hydrogen (secondary N) is 1. The molecule has 3 aliphatic carbocycles. The van der Waals surface area contributed by atoms with E-state index in [1.165, 1.54) is 49.7 Å². The van der Waals surface area contributed by atoms with Crippen LogP contribution in [0.15, 0.2) is 18.2 Å². The van der Waals surface area contributed by atoms with Gasteiger partial charge in [-0.05, 0) is 54.7 Å². The quantitative estimate of drug-likeness (QED) is 0.530. The van der Waals surface area contributed by atoms with Gasteiger partial charge in [-0.3, -0.25) is 4.79 Å². The van der Waals surface area contributed by atoms with Crippen molar-refractivity contribution in [2.75, 3.05) is 6.61 Å². The number of halogens is 1. The number of hydrogen-bond acceptors (Lipinski definition) is 3. The Balaban J connectivity index is 0.000000293. The summed E-state index contributed by atoms with van der Waals surface area (Å²) in [4.78, 5) is 11.8. The van der Waals surface area contributed by atoms with Gasteiger partial charge in [0.15, 0.2) is 6.61 Å². The van der Waals surface area contributed by atoms with Gasteiger partial charge in [0, 0.05) is 6.42 Å². The molecule has 2 saturated carbocycles. The number of hydrogen-bond donors (Lipinski definition) is 2. The van der Waals surface area contributed by atoms with Crippen molar-refractivity contribution in [2.45, 2.75) is 103 Å². The van der Waals surface area contributed by atoms with Crippen LogP contribution in [-0.2, 0) is 17.6 Å². The molecule has 1 amide bonds. The maximum atomic E-state index is 12.8. The van der Waals surface area contributed by atoms with Crippen LogP contribution in [0, 0.1) is 11.8 Å². The Labute approximate surface area is 187 Å². The second kappa shape index (κ2) is 11.8. The summed E-state index contributed by atoms with van der Waals surface area (Å²) in [6.45, 7) is 4.44. The first kappa shape index (κ1) is 24.0. The fourth-order valence-corrected chi connectivity index (χ4v) is 4.95. The molecule has 4 rings (SSSR count). The van der Waals surface area contributed by atoms with Crippen LogP contribution in [0.4, 0.5) is 4.39 Å². The molecule has 31 heavy (non-hydrogen) atoms. The zero-order chi connectivity index (χ0) is 22.2. The van der Waals surface area contributed by atoms with E-state index in [0.29, 0.717) is 18.3 Å². The summed E-state index contributed by atoms with van der Waals surface area (Å²) in [7, 11) is 0. The first-order valence-corrected chi connectivity index (χ1v) is 12.4. The number of alkyl halides is 1. The van der Waals surface area contributed by atoms with Gasteiger partial charge in [0.1, 0.15) is 11.9 Å². The molecule has 2 fully saturated rings. The third-order valence-corrected chi connectivity index (χ3v) is 6.87. The fourth-order valence-electron chi connectivity index (χ4n) is 4.95. The number of carbonyl (C=O) groups excluding carboxylic acids is 1. The summed E-state index contributed by atoms with van der Waals surface area (Å²) in [5.41, 5.74) is 2.44. The lowest BCUT2D eigenvalue weighted by atomic mass is 9.77. The number of ether oxygens (including phenoxy) is 1. The van der Waals surface area contributed by atoms with Crippen molar-refractivity contribution in [1.82, 2.24) is 5.32 Å². The van der Waals surface area contributed by atoms with Gasteiger partial charge in [0.2, 0.25) is 0 Å². The third-order valence-electron chi connectivity index (χ3n) is 6.87. The monoisotopic (exact) mass is 433 g/mol. The van der Waals surface area contributed by atoms with Crippen molar-refractivity contribution in [2.24, 2.45) is 11.8 Å². The molecular formula is C26H40FNO3. The summed E-state index contributed by atoms with van der Waals surface area (Å²) in [5, 5.41) is 12.5. The van der Waals surface area contributed by atoms with Crippen LogP contribution >= 0.6 is 0 Å². The Bertz CT molecular complexity index is 704. The Morgan fingerprint density at radius 1 is 1.06 bits per heavy atom. The standard InChI is InChI=1S/C18H22FNO3.C8H18/c19-15-8-16(15)20-18(22)9-23-17-3-1-2-10-4-11-5-13(21)6-12(11)7-14(10)17;1-3-5-7-8-6-4-2/h1-3,11-13,15-16,21H,4-9H2,(H,20,22);3-8H2,1-2H3. The number of aliphatic hydroxyl groups is 1. The molecule has 0 bridgehead atoms. The van der Waals surface area contributed by atoms with Crippen molar-refractivity contribution in [3.63, 3.8) is 0 Å².